The van der Waals surface area contributed by atoms with Crippen molar-refractivity contribution in [3.63, 3.8) is 0 Å². The van der Waals surface area contributed by atoms with Crippen molar-refractivity contribution < 1.29 is 28.6 Å². The molecule has 10 nitrogen and oxygen atoms in total. The minimum atomic E-state index is -0.953. The van der Waals surface area contributed by atoms with Crippen LogP contribution >= 0.6 is 0 Å². The third-order valence-electron chi connectivity index (χ3n) is 8.45. The van der Waals surface area contributed by atoms with Gasteiger partial charge in [-0.3, -0.25) is 9.69 Å². The molecule has 2 aliphatic rings. The molecule has 2 fully saturated rings. The summed E-state index contributed by atoms with van der Waals surface area (Å²) in [5.41, 5.74) is 3.46. The highest BCUT2D eigenvalue weighted by Gasteiger charge is 2.26. The number of aromatic carboxylic acids is 1. The Morgan fingerprint density at radius 3 is 2.50 bits per heavy atom. The molecule has 4 aromatic rings. The Hall–Kier alpha value is -4.35. The van der Waals surface area contributed by atoms with Crippen molar-refractivity contribution >= 4 is 22.9 Å². The van der Waals surface area contributed by atoms with E-state index in [9.17, 15) is 19.1 Å². The third-order valence-corrected chi connectivity index (χ3v) is 8.45. The molecule has 0 radical (unpaired) electrons. The number of carboxylic acids is 1. The number of hydrogen-bond donors (Lipinski definition) is 1. The molecule has 1 amide bonds. The Labute approximate surface area is 255 Å². The molecule has 44 heavy (non-hydrogen) atoms. The minimum Gasteiger partial charge on any atom is -0.478 e. The van der Waals surface area contributed by atoms with E-state index in [2.05, 4.69) is 9.47 Å². The molecule has 0 bridgehead atoms. The smallest absolute Gasteiger partial charge is 0.335 e. The molecule has 1 N–H and O–H groups in total. The van der Waals surface area contributed by atoms with Gasteiger partial charge in [-0.1, -0.05) is 12.1 Å². The first-order valence-corrected chi connectivity index (χ1v) is 14.9. The average Bonchev–Trinajstić information content (AvgIpc) is 3.34. The highest BCUT2D eigenvalue weighted by atomic mass is 19.1. The van der Waals surface area contributed by atoms with E-state index in [1.165, 1.54) is 11.0 Å². The first-order chi connectivity index (χ1) is 21.2. The van der Waals surface area contributed by atoms with E-state index in [4.69, 9.17) is 19.4 Å². The lowest BCUT2D eigenvalue weighted by Gasteiger charge is -2.32. The molecule has 230 valence electrons. The fourth-order valence-electron chi connectivity index (χ4n) is 5.79. The van der Waals surface area contributed by atoms with Gasteiger partial charge in [0.05, 0.1) is 35.8 Å². The fraction of sp³-hybridized carbons (Fsp3) is 0.394. The van der Waals surface area contributed by atoms with Gasteiger partial charge < -0.3 is 24.0 Å². The quantitative estimate of drug-likeness (QED) is 0.278. The lowest BCUT2D eigenvalue weighted by molar-refractivity contribution is -0.0592. The van der Waals surface area contributed by atoms with Crippen molar-refractivity contribution in [1.29, 1.82) is 0 Å². The fourth-order valence-corrected chi connectivity index (χ4v) is 5.79. The standard InChI is InChI=1S/C33H36FN5O5/c1-37(2)32(40)22-6-7-24(26(34)16-22)20-44-31-5-3-4-27(36-31)21-10-13-38(14-11-21)19-30-35-28-9-8-23(33(41)42)17-29(28)39(30)18-25-12-15-43-25/h3-9,16-17,21,25H,10-15,18-20H2,1-2H3,(H,41,42). The van der Waals surface area contributed by atoms with Gasteiger partial charge in [0.15, 0.2) is 0 Å². The van der Waals surface area contributed by atoms with Crippen molar-refractivity contribution in [2.45, 2.75) is 51.0 Å². The second-order valence-electron chi connectivity index (χ2n) is 11.7. The molecule has 1 atom stereocenters. The van der Waals surface area contributed by atoms with E-state index in [1.807, 2.05) is 12.1 Å². The zero-order chi connectivity index (χ0) is 30.8. The number of nitrogens with zero attached hydrogens (tertiary/aromatic N) is 5. The van der Waals surface area contributed by atoms with Gasteiger partial charge in [-0.2, -0.15) is 0 Å². The molecule has 0 aliphatic carbocycles. The molecule has 6 rings (SSSR count). The molecule has 0 spiro atoms. The molecular formula is C33H36FN5O5. The second kappa shape index (κ2) is 12.7. The van der Waals surface area contributed by atoms with E-state index in [1.54, 1.807) is 50.5 Å². The number of carbonyl (C=O) groups is 2. The highest BCUT2D eigenvalue weighted by molar-refractivity contribution is 5.94. The molecule has 1 unspecified atom stereocenters. The summed E-state index contributed by atoms with van der Waals surface area (Å²) in [6, 6.07) is 15.2. The number of imidazole rings is 1. The summed E-state index contributed by atoms with van der Waals surface area (Å²) in [6.45, 7) is 3.82. The van der Waals surface area contributed by atoms with Crippen LogP contribution < -0.4 is 4.74 Å². The lowest BCUT2D eigenvalue weighted by Crippen LogP contribution is -2.35. The maximum atomic E-state index is 14.6. The van der Waals surface area contributed by atoms with Crippen LogP contribution in [0.3, 0.4) is 0 Å². The molecule has 11 heteroatoms. The number of hydrogen-bond acceptors (Lipinski definition) is 7. The van der Waals surface area contributed by atoms with Gasteiger partial charge in [-0.15, -0.1) is 0 Å². The molecule has 0 saturated carbocycles. The number of halogens is 1. The molecule has 4 heterocycles. The minimum absolute atomic E-state index is 0.0119. The van der Waals surface area contributed by atoms with Crippen LogP contribution in [0.5, 0.6) is 5.88 Å². The van der Waals surface area contributed by atoms with Gasteiger partial charge in [0, 0.05) is 49.5 Å². The number of benzene rings is 2. The van der Waals surface area contributed by atoms with Gasteiger partial charge >= 0.3 is 5.97 Å². The third kappa shape index (κ3) is 6.44. The maximum Gasteiger partial charge on any atom is 0.335 e. The lowest BCUT2D eigenvalue weighted by atomic mass is 9.93. The van der Waals surface area contributed by atoms with E-state index in [0.29, 0.717) is 30.1 Å². The second-order valence-corrected chi connectivity index (χ2v) is 11.7. The van der Waals surface area contributed by atoms with E-state index >= 15 is 0 Å². The number of pyridine rings is 1. The van der Waals surface area contributed by atoms with Crippen LogP contribution in [-0.2, 0) is 24.4 Å². The summed E-state index contributed by atoms with van der Waals surface area (Å²) in [4.78, 5) is 37.1. The monoisotopic (exact) mass is 601 g/mol. The largest absolute Gasteiger partial charge is 0.478 e. The van der Waals surface area contributed by atoms with Gasteiger partial charge in [0.1, 0.15) is 18.2 Å². The molecule has 2 saturated heterocycles. The highest BCUT2D eigenvalue weighted by Crippen LogP contribution is 2.30. The number of likely N-dealkylation sites (tertiary alicyclic amines) is 1. The van der Waals surface area contributed by atoms with Crippen molar-refractivity contribution in [3.05, 3.63) is 88.6 Å². The van der Waals surface area contributed by atoms with Crippen molar-refractivity contribution in [2.75, 3.05) is 33.8 Å². The Balaban J connectivity index is 1.08. The number of ether oxygens (including phenoxy) is 2. The number of carbonyl (C=O) groups excluding carboxylic acids is 1. The first kappa shape index (κ1) is 29.7. The summed E-state index contributed by atoms with van der Waals surface area (Å²) < 4.78 is 28.3. The Morgan fingerprint density at radius 1 is 1.05 bits per heavy atom. The summed E-state index contributed by atoms with van der Waals surface area (Å²) in [7, 11) is 3.26. The maximum absolute atomic E-state index is 14.6. The molecule has 2 aromatic heterocycles. The molecule has 2 aliphatic heterocycles. The predicted molar refractivity (Wildman–Crippen MR) is 161 cm³/mol. The van der Waals surface area contributed by atoms with Gasteiger partial charge in [-0.05, 0) is 68.8 Å². The van der Waals surface area contributed by atoms with Crippen molar-refractivity contribution in [1.82, 2.24) is 24.3 Å². The average molecular weight is 602 g/mol. The van der Waals surface area contributed by atoms with Crippen LogP contribution in [0.4, 0.5) is 4.39 Å². The van der Waals surface area contributed by atoms with Crippen molar-refractivity contribution in [3.8, 4) is 5.88 Å². The van der Waals surface area contributed by atoms with Crippen LogP contribution in [0.2, 0.25) is 0 Å². The Bertz CT molecular complexity index is 1680. The molecule has 2 aromatic carbocycles. The zero-order valence-corrected chi connectivity index (χ0v) is 24.9. The van der Waals surface area contributed by atoms with Crippen LogP contribution in [-0.4, -0.2) is 81.2 Å². The molecular weight excluding hydrogens is 565 g/mol. The number of amides is 1. The van der Waals surface area contributed by atoms with E-state index < -0.39 is 11.8 Å². The van der Waals surface area contributed by atoms with Gasteiger partial charge in [-0.25, -0.2) is 19.2 Å². The van der Waals surface area contributed by atoms with Crippen LogP contribution in [0.15, 0.2) is 54.6 Å². The summed E-state index contributed by atoms with van der Waals surface area (Å²) in [5.74, 6) is -0.0827. The number of fused-ring (bicyclic) bond motifs is 1. The normalized spacial score (nSPS) is 17.4. The van der Waals surface area contributed by atoms with Crippen LogP contribution in [0.1, 0.15) is 63.0 Å². The number of carboxylic acid groups (broad SMARTS) is 1. The van der Waals surface area contributed by atoms with Gasteiger partial charge in [0.2, 0.25) is 5.88 Å². The number of piperidine rings is 1. The Kier molecular flexibility index (Phi) is 8.58. The zero-order valence-electron chi connectivity index (χ0n) is 24.9. The number of rotatable bonds is 10. The Morgan fingerprint density at radius 2 is 1.82 bits per heavy atom. The summed E-state index contributed by atoms with van der Waals surface area (Å²) in [6.07, 6.45) is 2.94. The van der Waals surface area contributed by atoms with E-state index in [-0.39, 0.29) is 30.1 Å². The van der Waals surface area contributed by atoms with Gasteiger partial charge in [0.25, 0.3) is 5.91 Å². The van der Waals surface area contributed by atoms with Crippen LogP contribution in [0.25, 0.3) is 11.0 Å². The first-order valence-electron chi connectivity index (χ1n) is 14.9. The van der Waals surface area contributed by atoms with E-state index in [0.717, 1.165) is 61.5 Å². The van der Waals surface area contributed by atoms with Crippen molar-refractivity contribution in [2.24, 2.45) is 0 Å². The number of aromatic nitrogens is 3. The summed E-state index contributed by atoms with van der Waals surface area (Å²) >= 11 is 0. The summed E-state index contributed by atoms with van der Waals surface area (Å²) in [5, 5.41) is 9.51. The topological polar surface area (TPSA) is 110 Å². The predicted octanol–water partition coefficient (Wildman–Crippen LogP) is 4.72. The SMILES string of the molecule is CN(C)C(=O)c1ccc(COc2cccc(C3CCN(Cc4nc5ccc(C(=O)O)cc5n4CC4CCO4)CC3)n2)c(F)c1. The van der Waals surface area contributed by atoms with Crippen LogP contribution in [0, 0.1) is 5.82 Å².